The molecule has 0 saturated carbocycles. The summed E-state index contributed by atoms with van der Waals surface area (Å²) in [6, 6.07) is 12.5. The zero-order valence-corrected chi connectivity index (χ0v) is 11.1. The first-order valence-corrected chi connectivity index (χ1v) is 6.76. The van der Waals surface area contributed by atoms with Gasteiger partial charge in [0.15, 0.2) is 5.78 Å². The number of benzene rings is 2. The molecule has 0 heterocycles. The van der Waals surface area contributed by atoms with Crippen LogP contribution in [-0.2, 0) is 13.1 Å². The Kier molecular flexibility index (Phi) is 3.50. The van der Waals surface area contributed by atoms with Crippen LogP contribution in [-0.4, -0.2) is 5.78 Å². The third-order valence-electron chi connectivity index (χ3n) is 3.57. The van der Waals surface area contributed by atoms with E-state index in [0.717, 1.165) is 24.0 Å². The number of aryl methyl sites for hydroxylation is 1. The summed E-state index contributed by atoms with van der Waals surface area (Å²) in [5.74, 6) is 1.37. The molecule has 0 unspecified atom stereocenters. The number of carbonyl (C=O) groups excluding carboxylic acids is 1. The Morgan fingerprint density at radius 1 is 1.10 bits per heavy atom. The fourth-order valence-corrected chi connectivity index (χ4v) is 2.53. The number of Topliss-reactive ketones (excluding diaryl/α,β-unsaturated/α-hetero) is 1. The monoisotopic (exact) mass is 270 g/mol. The van der Waals surface area contributed by atoms with Crippen LogP contribution in [0.15, 0.2) is 42.5 Å². The largest absolute Gasteiger partial charge is 0.457 e. The van der Waals surface area contributed by atoms with E-state index in [2.05, 4.69) is 0 Å². The summed E-state index contributed by atoms with van der Waals surface area (Å²) in [5.41, 5.74) is 2.35. The van der Waals surface area contributed by atoms with E-state index >= 15 is 0 Å². The van der Waals surface area contributed by atoms with Crippen LogP contribution < -0.4 is 4.74 Å². The van der Waals surface area contributed by atoms with Gasteiger partial charge in [-0.1, -0.05) is 18.2 Å². The van der Waals surface area contributed by atoms with Crippen LogP contribution in [0.1, 0.15) is 34.3 Å². The van der Waals surface area contributed by atoms with Gasteiger partial charge < -0.3 is 4.74 Å². The fourth-order valence-electron chi connectivity index (χ4n) is 2.53. The number of halogens is 1. The molecule has 0 fully saturated rings. The predicted octanol–water partition coefficient (Wildman–Crippen LogP) is 4.47. The third kappa shape index (κ3) is 2.44. The molecule has 102 valence electrons. The Morgan fingerprint density at radius 2 is 1.95 bits per heavy atom. The first kappa shape index (κ1) is 12.9. The molecule has 1 aliphatic rings. The molecule has 0 radical (unpaired) electrons. The van der Waals surface area contributed by atoms with Gasteiger partial charge in [-0.05, 0) is 42.7 Å². The maximum Gasteiger partial charge on any atom is 0.163 e. The average Bonchev–Trinajstić information content (AvgIpc) is 2.48. The van der Waals surface area contributed by atoms with Gasteiger partial charge in [-0.15, -0.1) is 0 Å². The molecule has 1 aliphatic carbocycles. The van der Waals surface area contributed by atoms with Gasteiger partial charge in [-0.3, -0.25) is 4.79 Å². The molecule has 0 aromatic heterocycles. The summed E-state index contributed by atoms with van der Waals surface area (Å²) in [6.07, 6.45) is 2.40. The number of hydrogen-bond donors (Lipinski definition) is 0. The van der Waals surface area contributed by atoms with Crippen molar-refractivity contribution in [3.8, 4) is 11.5 Å². The Hall–Kier alpha value is -2.16. The van der Waals surface area contributed by atoms with Crippen molar-refractivity contribution in [2.24, 2.45) is 0 Å². The smallest absolute Gasteiger partial charge is 0.163 e. The summed E-state index contributed by atoms with van der Waals surface area (Å²) in [4.78, 5) is 11.8. The number of ether oxygens (including phenoxy) is 1. The Bertz CT molecular complexity index is 649. The molecule has 0 spiro atoms. The van der Waals surface area contributed by atoms with Crippen LogP contribution in [0.4, 0.5) is 4.39 Å². The number of carbonyl (C=O) groups is 1. The van der Waals surface area contributed by atoms with Crippen LogP contribution >= 0.6 is 0 Å². The van der Waals surface area contributed by atoms with Crippen LogP contribution in [0.25, 0.3) is 0 Å². The number of ketones is 1. The molecule has 2 nitrogen and oxygen atoms in total. The van der Waals surface area contributed by atoms with Gasteiger partial charge >= 0.3 is 0 Å². The molecule has 0 aliphatic heterocycles. The van der Waals surface area contributed by atoms with Crippen molar-refractivity contribution in [1.82, 2.24) is 0 Å². The Balaban J connectivity index is 1.90. The summed E-state index contributed by atoms with van der Waals surface area (Å²) in [6.45, 7) is -0.556. The number of hydrogen-bond acceptors (Lipinski definition) is 2. The maximum atomic E-state index is 12.9. The molecular formula is C17H15FO2. The second-order valence-electron chi connectivity index (χ2n) is 4.94. The molecule has 0 bridgehead atoms. The molecule has 3 heteroatoms. The number of rotatable bonds is 3. The van der Waals surface area contributed by atoms with Crippen LogP contribution in [0.5, 0.6) is 11.5 Å². The quantitative estimate of drug-likeness (QED) is 0.822. The highest BCUT2D eigenvalue weighted by Gasteiger charge is 2.17. The molecule has 0 saturated heterocycles. The van der Waals surface area contributed by atoms with Crippen molar-refractivity contribution in [1.29, 1.82) is 0 Å². The second kappa shape index (κ2) is 5.45. The molecule has 0 atom stereocenters. The molecule has 2 aromatic carbocycles. The second-order valence-corrected chi connectivity index (χ2v) is 4.94. The van der Waals surface area contributed by atoms with Crippen molar-refractivity contribution < 1.29 is 13.9 Å². The molecule has 20 heavy (non-hydrogen) atoms. The molecule has 0 amide bonds. The molecular weight excluding hydrogens is 255 g/mol. The molecule has 0 N–H and O–H groups in total. The van der Waals surface area contributed by atoms with E-state index in [1.54, 1.807) is 24.3 Å². The average molecular weight is 270 g/mol. The van der Waals surface area contributed by atoms with Crippen molar-refractivity contribution in [3.05, 3.63) is 59.2 Å². The minimum Gasteiger partial charge on any atom is -0.457 e. The first-order valence-electron chi connectivity index (χ1n) is 6.76. The van der Waals surface area contributed by atoms with Gasteiger partial charge in [-0.2, -0.15) is 0 Å². The highest BCUT2D eigenvalue weighted by Crippen LogP contribution is 2.30. The van der Waals surface area contributed by atoms with E-state index in [1.807, 2.05) is 18.2 Å². The van der Waals surface area contributed by atoms with Gasteiger partial charge in [0.2, 0.25) is 0 Å². The van der Waals surface area contributed by atoms with E-state index in [-0.39, 0.29) is 5.78 Å². The van der Waals surface area contributed by atoms with E-state index in [9.17, 15) is 9.18 Å². The topological polar surface area (TPSA) is 26.3 Å². The van der Waals surface area contributed by atoms with E-state index < -0.39 is 6.67 Å². The summed E-state index contributed by atoms with van der Waals surface area (Å²) in [5, 5.41) is 0. The Morgan fingerprint density at radius 3 is 2.80 bits per heavy atom. The van der Waals surface area contributed by atoms with Gasteiger partial charge in [0.25, 0.3) is 0 Å². The van der Waals surface area contributed by atoms with Gasteiger partial charge in [-0.25, -0.2) is 4.39 Å². The lowest BCUT2D eigenvalue weighted by Gasteiger charge is -2.16. The number of fused-ring (bicyclic) bond motifs is 1. The predicted molar refractivity (Wildman–Crippen MR) is 75.0 cm³/mol. The highest BCUT2D eigenvalue weighted by molar-refractivity contribution is 5.98. The Labute approximate surface area is 117 Å². The van der Waals surface area contributed by atoms with Crippen molar-refractivity contribution >= 4 is 5.78 Å². The van der Waals surface area contributed by atoms with E-state index in [0.29, 0.717) is 23.5 Å². The minimum absolute atomic E-state index is 0.196. The van der Waals surface area contributed by atoms with Crippen LogP contribution in [0.3, 0.4) is 0 Å². The SMILES string of the molecule is O=C1CCCc2cc(Oc3ccccc3CF)ccc21. The number of para-hydroxylation sites is 1. The maximum absolute atomic E-state index is 12.9. The van der Waals surface area contributed by atoms with E-state index in [4.69, 9.17) is 4.74 Å². The first-order chi connectivity index (χ1) is 9.78. The zero-order chi connectivity index (χ0) is 13.9. The lowest BCUT2D eigenvalue weighted by molar-refractivity contribution is 0.0972. The lowest BCUT2D eigenvalue weighted by Crippen LogP contribution is -2.10. The molecule has 3 rings (SSSR count). The fraction of sp³-hybridized carbons (Fsp3) is 0.235. The summed E-state index contributed by atoms with van der Waals surface area (Å²) < 4.78 is 18.6. The van der Waals surface area contributed by atoms with E-state index in [1.165, 1.54) is 0 Å². The molecule has 2 aromatic rings. The van der Waals surface area contributed by atoms with Crippen LogP contribution in [0.2, 0.25) is 0 Å². The lowest BCUT2D eigenvalue weighted by atomic mass is 9.90. The summed E-state index contributed by atoms with van der Waals surface area (Å²) in [7, 11) is 0. The van der Waals surface area contributed by atoms with Gasteiger partial charge in [0, 0.05) is 17.5 Å². The summed E-state index contributed by atoms with van der Waals surface area (Å²) >= 11 is 0. The minimum atomic E-state index is -0.556. The normalized spacial score (nSPS) is 13.9. The van der Waals surface area contributed by atoms with Gasteiger partial charge in [0.05, 0.1) is 0 Å². The van der Waals surface area contributed by atoms with Crippen molar-refractivity contribution in [2.75, 3.05) is 0 Å². The van der Waals surface area contributed by atoms with Gasteiger partial charge in [0.1, 0.15) is 18.2 Å². The van der Waals surface area contributed by atoms with Crippen molar-refractivity contribution in [2.45, 2.75) is 25.9 Å². The van der Waals surface area contributed by atoms with Crippen molar-refractivity contribution in [3.63, 3.8) is 0 Å². The standard InChI is InChI=1S/C17H15FO2/c18-11-13-4-1-2-7-17(13)20-14-8-9-15-12(10-14)5-3-6-16(15)19/h1-2,4,7-10H,3,5-6,11H2. The van der Waals surface area contributed by atoms with Crippen LogP contribution in [0, 0.1) is 0 Å². The third-order valence-corrected chi connectivity index (χ3v) is 3.57. The zero-order valence-electron chi connectivity index (χ0n) is 11.1. The number of alkyl halides is 1. The highest BCUT2D eigenvalue weighted by atomic mass is 19.1.